The highest BCUT2D eigenvalue weighted by Gasteiger charge is 2.21. The Morgan fingerprint density at radius 2 is 2.33 bits per heavy atom. The highest BCUT2D eigenvalue weighted by Crippen LogP contribution is 2.36. The first-order chi connectivity index (χ1) is 10.0. The molecule has 0 spiro atoms. The fraction of sp³-hybridized carbons (Fsp3) is 0.500. The van der Waals surface area contributed by atoms with Crippen molar-refractivity contribution in [1.29, 1.82) is 0 Å². The van der Waals surface area contributed by atoms with Gasteiger partial charge in [-0.15, -0.1) is 0 Å². The Labute approximate surface area is 128 Å². The molecule has 1 saturated heterocycles. The number of hydrogen-bond donors (Lipinski definition) is 1. The molecule has 1 aromatic carbocycles. The number of carboxylic acids is 1. The maximum Gasteiger partial charge on any atom is 0.335 e. The molecule has 0 aliphatic carbocycles. The number of likely N-dealkylation sites (N-methyl/N-ethyl adjacent to an activating group) is 1. The number of aromatic carboxylic acids is 1. The van der Waals surface area contributed by atoms with Crippen LogP contribution in [0.25, 0.3) is 0 Å². The van der Waals surface area contributed by atoms with Crippen molar-refractivity contribution in [3.63, 3.8) is 0 Å². The number of rotatable bonds is 5. The second-order valence-corrected chi connectivity index (χ2v) is 5.27. The summed E-state index contributed by atoms with van der Waals surface area (Å²) in [6.45, 7) is 2.65. The average molecular weight is 316 g/mol. The van der Waals surface area contributed by atoms with Crippen molar-refractivity contribution in [2.75, 3.05) is 40.5 Å². The van der Waals surface area contributed by atoms with E-state index in [2.05, 4.69) is 4.90 Å². The minimum absolute atomic E-state index is 0.0522. The molecule has 1 atom stereocenters. The number of methoxy groups -OCH3 is 1. The Morgan fingerprint density at radius 1 is 1.57 bits per heavy atom. The predicted molar refractivity (Wildman–Crippen MR) is 77.7 cm³/mol. The van der Waals surface area contributed by atoms with Crippen LogP contribution >= 0.6 is 11.6 Å². The highest BCUT2D eigenvalue weighted by molar-refractivity contribution is 6.32. The minimum Gasteiger partial charge on any atom is -0.493 e. The van der Waals surface area contributed by atoms with Crippen molar-refractivity contribution < 1.29 is 24.1 Å². The predicted octanol–water partition coefficient (Wildman–Crippen LogP) is 1.76. The van der Waals surface area contributed by atoms with Gasteiger partial charge in [0.05, 0.1) is 24.3 Å². The molecule has 1 aliphatic heterocycles. The third-order valence-corrected chi connectivity index (χ3v) is 3.51. The summed E-state index contributed by atoms with van der Waals surface area (Å²) >= 11 is 6.08. The van der Waals surface area contributed by atoms with Gasteiger partial charge in [0.1, 0.15) is 12.7 Å². The van der Waals surface area contributed by atoms with Gasteiger partial charge in [-0.25, -0.2) is 4.79 Å². The van der Waals surface area contributed by atoms with Gasteiger partial charge in [0.25, 0.3) is 0 Å². The monoisotopic (exact) mass is 315 g/mol. The second-order valence-electron chi connectivity index (χ2n) is 4.86. The van der Waals surface area contributed by atoms with E-state index in [-0.39, 0.29) is 16.7 Å². The third-order valence-electron chi connectivity index (χ3n) is 3.23. The van der Waals surface area contributed by atoms with Gasteiger partial charge < -0.3 is 24.2 Å². The lowest BCUT2D eigenvalue weighted by molar-refractivity contribution is -0.0406. The Bertz CT molecular complexity index is 522. The maximum absolute atomic E-state index is 11.0. The Balaban J connectivity index is 2.10. The maximum atomic E-state index is 11.0. The van der Waals surface area contributed by atoms with E-state index in [0.29, 0.717) is 24.7 Å². The summed E-state index contributed by atoms with van der Waals surface area (Å²) in [7, 11) is 3.46. The molecule has 6 nitrogen and oxygen atoms in total. The minimum atomic E-state index is -1.07. The van der Waals surface area contributed by atoms with Gasteiger partial charge in [0.15, 0.2) is 11.5 Å². The zero-order chi connectivity index (χ0) is 15.4. The molecule has 0 amide bonds. The number of morpholine rings is 1. The van der Waals surface area contributed by atoms with E-state index in [1.807, 2.05) is 7.05 Å². The van der Waals surface area contributed by atoms with E-state index in [1.54, 1.807) is 0 Å². The standard InChI is InChI=1S/C14H18ClNO5/c1-16-3-4-20-10(7-16)8-21-13-11(15)5-9(14(17)18)6-12(13)19-2/h5-6,10H,3-4,7-8H2,1-2H3,(H,17,18). The molecule has 21 heavy (non-hydrogen) atoms. The first-order valence-electron chi connectivity index (χ1n) is 6.55. The highest BCUT2D eigenvalue weighted by atomic mass is 35.5. The molecule has 1 heterocycles. The molecule has 1 aromatic rings. The SMILES string of the molecule is COc1cc(C(=O)O)cc(Cl)c1OCC1CN(C)CCO1. The van der Waals surface area contributed by atoms with Crippen LogP contribution in [-0.2, 0) is 4.74 Å². The number of halogens is 1. The summed E-state index contributed by atoms with van der Waals surface area (Å²) < 4.78 is 16.4. The fourth-order valence-corrected chi connectivity index (χ4v) is 2.39. The van der Waals surface area contributed by atoms with Crippen LogP contribution in [0, 0.1) is 0 Å². The van der Waals surface area contributed by atoms with E-state index in [4.69, 9.17) is 30.9 Å². The molecule has 2 rings (SSSR count). The smallest absolute Gasteiger partial charge is 0.335 e. The Hall–Kier alpha value is -1.50. The lowest BCUT2D eigenvalue weighted by Crippen LogP contribution is -2.42. The van der Waals surface area contributed by atoms with Crippen LogP contribution in [-0.4, -0.2) is 62.5 Å². The summed E-state index contributed by atoms with van der Waals surface area (Å²) in [4.78, 5) is 13.2. The molecule has 0 aromatic heterocycles. The van der Waals surface area contributed by atoms with Crippen LogP contribution in [0.2, 0.25) is 5.02 Å². The van der Waals surface area contributed by atoms with Crippen molar-refractivity contribution in [2.24, 2.45) is 0 Å². The van der Waals surface area contributed by atoms with Gasteiger partial charge in [0, 0.05) is 13.1 Å². The number of hydrogen-bond acceptors (Lipinski definition) is 5. The Kier molecular flexibility index (Phi) is 5.27. The van der Waals surface area contributed by atoms with E-state index < -0.39 is 5.97 Å². The zero-order valence-electron chi connectivity index (χ0n) is 12.0. The normalized spacial score (nSPS) is 19.3. The van der Waals surface area contributed by atoms with Crippen molar-refractivity contribution in [2.45, 2.75) is 6.10 Å². The molecule has 0 radical (unpaired) electrons. The lowest BCUT2D eigenvalue weighted by atomic mass is 10.2. The van der Waals surface area contributed by atoms with E-state index in [9.17, 15) is 4.79 Å². The molecule has 1 N–H and O–H groups in total. The quantitative estimate of drug-likeness (QED) is 0.893. The Morgan fingerprint density at radius 3 is 2.95 bits per heavy atom. The van der Waals surface area contributed by atoms with Gasteiger partial charge >= 0.3 is 5.97 Å². The summed E-state index contributed by atoms with van der Waals surface area (Å²) in [5.74, 6) is -0.441. The summed E-state index contributed by atoms with van der Waals surface area (Å²) in [6.07, 6.45) is -0.0522. The van der Waals surface area contributed by atoms with Crippen LogP contribution < -0.4 is 9.47 Å². The van der Waals surface area contributed by atoms with Gasteiger partial charge in [0.2, 0.25) is 0 Å². The van der Waals surface area contributed by atoms with Crippen LogP contribution in [0.1, 0.15) is 10.4 Å². The van der Waals surface area contributed by atoms with Gasteiger partial charge in [-0.2, -0.15) is 0 Å². The first kappa shape index (κ1) is 15.9. The van der Waals surface area contributed by atoms with Crippen LogP contribution in [0.4, 0.5) is 0 Å². The molecular weight excluding hydrogens is 298 g/mol. The van der Waals surface area contributed by atoms with Gasteiger partial charge in [-0.05, 0) is 19.2 Å². The summed E-state index contributed by atoms with van der Waals surface area (Å²) in [5.41, 5.74) is 0.0536. The van der Waals surface area contributed by atoms with E-state index >= 15 is 0 Å². The van der Waals surface area contributed by atoms with Gasteiger partial charge in [-0.1, -0.05) is 11.6 Å². The van der Waals surface area contributed by atoms with E-state index in [0.717, 1.165) is 13.1 Å². The van der Waals surface area contributed by atoms with Crippen molar-refractivity contribution >= 4 is 17.6 Å². The zero-order valence-corrected chi connectivity index (χ0v) is 12.7. The summed E-state index contributed by atoms with van der Waals surface area (Å²) in [6, 6.07) is 2.73. The van der Waals surface area contributed by atoms with Crippen molar-refractivity contribution in [1.82, 2.24) is 4.90 Å². The molecule has 116 valence electrons. The molecule has 1 unspecified atom stereocenters. The molecule has 1 aliphatic rings. The molecule has 0 saturated carbocycles. The number of carbonyl (C=O) groups is 1. The van der Waals surface area contributed by atoms with Crippen molar-refractivity contribution in [3.8, 4) is 11.5 Å². The largest absolute Gasteiger partial charge is 0.493 e. The van der Waals surface area contributed by atoms with E-state index in [1.165, 1.54) is 19.2 Å². The molecule has 7 heteroatoms. The lowest BCUT2D eigenvalue weighted by Gasteiger charge is -2.30. The molecule has 1 fully saturated rings. The molecular formula is C14H18ClNO5. The number of benzene rings is 1. The fourth-order valence-electron chi connectivity index (χ4n) is 2.13. The average Bonchev–Trinajstić information content (AvgIpc) is 2.45. The summed E-state index contributed by atoms with van der Waals surface area (Å²) in [5, 5.41) is 9.21. The number of nitrogens with zero attached hydrogens (tertiary/aromatic N) is 1. The van der Waals surface area contributed by atoms with Crippen LogP contribution in [0.15, 0.2) is 12.1 Å². The molecule has 0 bridgehead atoms. The van der Waals surface area contributed by atoms with Gasteiger partial charge in [-0.3, -0.25) is 0 Å². The number of ether oxygens (including phenoxy) is 3. The topological polar surface area (TPSA) is 68.2 Å². The van der Waals surface area contributed by atoms with Crippen LogP contribution in [0.3, 0.4) is 0 Å². The third kappa shape index (κ3) is 4.00. The second kappa shape index (κ2) is 6.98. The number of carboxylic acid groups (broad SMARTS) is 1. The first-order valence-corrected chi connectivity index (χ1v) is 6.93. The van der Waals surface area contributed by atoms with Crippen LogP contribution in [0.5, 0.6) is 11.5 Å². The van der Waals surface area contributed by atoms with Crippen molar-refractivity contribution in [3.05, 3.63) is 22.7 Å².